The van der Waals surface area contributed by atoms with E-state index in [1.807, 2.05) is 13.8 Å². The maximum Gasteiger partial charge on any atom is 0.161 e. The van der Waals surface area contributed by atoms with Crippen LogP contribution in [0.1, 0.15) is 213 Å². The van der Waals surface area contributed by atoms with Crippen molar-refractivity contribution in [3.05, 3.63) is 0 Å². The van der Waals surface area contributed by atoms with Crippen LogP contribution in [0.2, 0.25) is 0 Å². The summed E-state index contributed by atoms with van der Waals surface area (Å²) in [6, 6.07) is 0. The van der Waals surface area contributed by atoms with Gasteiger partial charge >= 0.3 is 0 Å². The Morgan fingerprint density at radius 1 is 0.241 bits per heavy atom. The minimum atomic E-state index is -0.418. The first-order valence-electron chi connectivity index (χ1n) is 31.5. The van der Waals surface area contributed by atoms with Crippen molar-refractivity contribution in [1.82, 2.24) is 0 Å². The molecule has 0 radical (unpaired) electrons. The van der Waals surface area contributed by atoms with Gasteiger partial charge in [-0.15, -0.1) is 0 Å². The predicted molar refractivity (Wildman–Crippen MR) is 313 cm³/mol. The molecule has 79 heavy (non-hydrogen) atoms. The molecule has 21 aliphatic heterocycles. The quantitative estimate of drug-likeness (QED) is 0.249. The molecule has 21 rings (SSSR count). The summed E-state index contributed by atoms with van der Waals surface area (Å²) in [6.07, 6.45) is 0.617. The first-order valence-corrected chi connectivity index (χ1v) is 31.5. The van der Waals surface area contributed by atoms with E-state index in [1.54, 1.807) is 0 Å². The van der Waals surface area contributed by atoms with Gasteiger partial charge in [0.15, 0.2) is 44.0 Å². The molecule has 0 aromatic carbocycles. The van der Waals surface area contributed by atoms with Crippen molar-refractivity contribution in [3.63, 3.8) is 0 Å². The fraction of sp³-hybridized carbons (Fsp3) is 1.00. The highest BCUT2D eigenvalue weighted by atomic mass is 16.8. The molecular weight excluding hydrogens is 1000 g/mol. The molecule has 0 aliphatic carbocycles. The number of ether oxygens (including phenoxy) is 14. The fourth-order valence-electron chi connectivity index (χ4n) is 13.9. The lowest BCUT2D eigenvalue weighted by molar-refractivity contribution is -0.364. The molecule has 0 amide bonds. The van der Waals surface area contributed by atoms with Crippen molar-refractivity contribution in [2.75, 3.05) is 0 Å². The third-order valence-corrected chi connectivity index (χ3v) is 20.5. The molecule has 0 spiro atoms. The van der Waals surface area contributed by atoms with Crippen molar-refractivity contribution in [1.29, 1.82) is 0 Å². The van der Waals surface area contributed by atoms with Gasteiger partial charge in [0.05, 0.1) is 85.5 Å². The zero-order chi connectivity index (χ0) is 57.1. The molecule has 0 N–H and O–H groups in total. The van der Waals surface area contributed by atoms with E-state index in [1.165, 1.54) is 25.7 Å². The molecule has 21 fully saturated rings. The van der Waals surface area contributed by atoms with E-state index in [4.69, 9.17) is 66.3 Å². The number of rotatable bonds is 3. The van der Waals surface area contributed by atoms with Crippen LogP contribution in [0.15, 0.2) is 0 Å². The van der Waals surface area contributed by atoms with E-state index < -0.39 is 37.7 Å². The van der Waals surface area contributed by atoms with Gasteiger partial charge in [-0.25, -0.2) is 0 Å². The van der Waals surface area contributed by atoms with Crippen LogP contribution < -0.4 is 0 Å². The van der Waals surface area contributed by atoms with Gasteiger partial charge in [-0.1, -0.05) is 158 Å². The van der Waals surface area contributed by atoms with Gasteiger partial charge in [-0.05, 0) is 89.9 Å². The Labute approximate surface area is 484 Å². The number of hydrogen-bond acceptors (Lipinski definition) is 14. The molecule has 13 unspecified atom stereocenters. The van der Waals surface area contributed by atoms with Crippen molar-refractivity contribution >= 4 is 0 Å². The Bertz CT molecular complexity index is 1710. The van der Waals surface area contributed by atoms with Gasteiger partial charge in [-0.3, -0.25) is 0 Å². The summed E-state index contributed by atoms with van der Waals surface area (Å²) in [5.41, 5.74) is 0. The second-order valence-electron chi connectivity index (χ2n) is 26.0. The summed E-state index contributed by atoms with van der Waals surface area (Å²) in [4.78, 5) is 0. The van der Waals surface area contributed by atoms with Crippen molar-refractivity contribution in [3.8, 4) is 0 Å². The van der Waals surface area contributed by atoms with Crippen LogP contribution in [0.25, 0.3) is 0 Å². The van der Waals surface area contributed by atoms with Crippen LogP contribution in [0.5, 0.6) is 0 Å². The summed E-state index contributed by atoms with van der Waals surface area (Å²) in [6.45, 7) is 52.1. The Morgan fingerprint density at radius 2 is 0.430 bits per heavy atom. The highest BCUT2D eigenvalue weighted by Gasteiger charge is 2.54. The third-order valence-electron chi connectivity index (χ3n) is 20.5. The molecule has 21 aliphatic rings. The molecule has 14 bridgehead atoms. The Morgan fingerprint density at radius 3 is 0.633 bits per heavy atom. The Balaban J connectivity index is 0.00000126. The molecule has 14 heteroatoms. The summed E-state index contributed by atoms with van der Waals surface area (Å²) in [5.74, 6) is 1.40. The average molecular weight is 1130 g/mol. The summed E-state index contributed by atoms with van der Waals surface area (Å²) in [5, 5.41) is 0. The highest BCUT2D eigenvalue weighted by Crippen LogP contribution is 2.46. The fourth-order valence-corrected chi connectivity index (χ4v) is 13.9. The molecule has 0 saturated carbocycles. The third kappa shape index (κ3) is 15.9. The molecule has 14 nitrogen and oxygen atoms in total. The lowest BCUT2D eigenvalue weighted by Crippen LogP contribution is -2.59. The maximum absolute atomic E-state index is 6.97. The highest BCUT2D eigenvalue weighted by molar-refractivity contribution is 4.95. The van der Waals surface area contributed by atoms with E-state index >= 15 is 0 Å². The maximum atomic E-state index is 6.97. The zero-order valence-corrected chi connectivity index (χ0v) is 52.9. The molecule has 468 valence electrons. The van der Waals surface area contributed by atoms with Crippen molar-refractivity contribution < 1.29 is 66.3 Å². The standard InChI is InChI=1S/C55H96O14.C6H14.C2H6.2CH4/c1-22-21-42-56-35(14)43(22)64-50-30(9)24(3)45(37(16)58-50)66-52-32(11)26(5)47(39(18)60-52)68-54-34(13)28(7)49(41(20)62-54)69-55-33(12)27(6)48(40(19)61-55)67-53-31(10)25(4)46(38(17)59-53)65-51-29(8)23(2)44(63-42)36(15)57-51;1-3-5-6-4-2;1-2;;/h22-55H,21H2,1-20H3;3-6H2,1-2H3;1-2H3;2*1H4/t22-,23-,24-,25-,26-,27-,28-,29?,30?,31?,32?,33?,34?,35?,36?,37?,38?,39?,40?,41?,42-,43+,44+,45+,46+,47+,48+,49+,50+,51-,52+,53+,54+,55+;;;;/m1..../s1. The molecule has 21 saturated heterocycles. The van der Waals surface area contributed by atoms with Crippen LogP contribution >= 0.6 is 0 Å². The monoisotopic (exact) mass is 1130 g/mol. The second kappa shape index (κ2) is 31.2. The number of unbranched alkanes of at least 4 members (excludes halogenated alkanes) is 3. The van der Waals surface area contributed by atoms with Gasteiger partial charge in [0.2, 0.25) is 0 Å². The van der Waals surface area contributed by atoms with Gasteiger partial charge < -0.3 is 66.3 Å². The average Bonchev–Trinajstić information content (AvgIpc) is 3.47. The van der Waals surface area contributed by atoms with Gasteiger partial charge in [0.25, 0.3) is 0 Å². The smallest absolute Gasteiger partial charge is 0.161 e. The largest absolute Gasteiger partial charge is 0.347 e. The lowest BCUT2D eigenvalue weighted by Gasteiger charge is -2.51. The SMILES string of the molecule is C.C.CC.CC1[C@@H]2OC(C)[C@@H](O[C@@H]3C[C@@H](C)[C@H](O[C@@H]4OC(C)[C@@H](O[C@@H]5OC(C)[C@@H](O[C@@H]6OC(C)[C@@H](O[C@@H]7OC(C)[C@@H](O[C@@H]8OC(C)[C@@H](O2)[C@H](C)C8C)[C@H](C)C7C)[C@H](C)C6C)[C@H](C)C5C)[C@H](C)C4C)C(C)O3)[C@@H]1C.CCCCCC. The molecule has 0 aromatic heterocycles. The molecule has 34 atom stereocenters. The Kier molecular flexibility index (Phi) is 28.0. The first-order chi connectivity index (χ1) is 36.4. The van der Waals surface area contributed by atoms with Crippen LogP contribution in [-0.4, -0.2) is 129 Å². The van der Waals surface area contributed by atoms with Gasteiger partial charge in [-0.2, -0.15) is 0 Å². The molecule has 0 aromatic rings. The summed E-state index contributed by atoms with van der Waals surface area (Å²) >= 11 is 0. The van der Waals surface area contributed by atoms with Crippen molar-refractivity contribution in [2.45, 2.75) is 343 Å². The lowest BCUT2D eigenvalue weighted by atomic mass is 9.81. The normalized spacial score (nSPS) is 52.6. The summed E-state index contributed by atoms with van der Waals surface area (Å²) < 4.78 is 95.7. The molecule has 21 heterocycles. The minimum absolute atomic E-state index is 0. The van der Waals surface area contributed by atoms with Crippen LogP contribution in [0.3, 0.4) is 0 Å². The first kappa shape index (κ1) is 70.9. The Hall–Kier alpha value is -0.560. The predicted octanol–water partition coefficient (Wildman–Crippen LogP) is 14.5. The molecular formula is C65H124O14. The van der Waals surface area contributed by atoms with E-state index in [2.05, 4.69) is 152 Å². The van der Waals surface area contributed by atoms with Gasteiger partial charge in [0, 0.05) is 41.9 Å². The van der Waals surface area contributed by atoms with Crippen LogP contribution in [0.4, 0.5) is 0 Å². The van der Waals surface area contributed by atoms with E-state index in [9.17, 15) is 0 Å². The van der Waals surface area contributed by atoms with E-state index in [-0.39, 0.29) is 184 Å². The van der Waals surface area contributed by atoms with Crippen molar-refractivity contribution in [2.24, 2.45) is 76.9 Å². The van der Waals surface area contributed by atoms with Gasteiger partial charge in [0.1, 0.15) is 0 Å². The second-order valence-corrected chi connectivity index (χ2v) is 26.0. The minimum Gasteiger partial charge on any atom is -0.347 e. The topological polar surface area (TPSA) is 129 Å². The van der Waals surface area contributed by atoms with Crippen LogP contribution in [0, 0.1) is 76.9 Å². The zero-order valence-electron chi connectivity index (χ0n) is 52.9. The van der Waals surface area contributed by atoms with E-state index in [0.29, 0.717) is 6.42 Å². The summed E-state index contributed by atoms with van der Waals surface area (Å²) in [7, 11) is 0. The van der Waals surface area contributed by atoms with Crippen LogP contribution in [-0.2, 0) is 66.3 Å². The van der Waals surface area contributed by atoms with E-state index in [0.717, 1.165) is 0 Å². The number of hydrogen-bond donors (Lipinski definition) is 0.